The van der Waals surface area contributed by atoms with E-state index in [-0.39, 0.29) is 17.3 Å². The molecule has 1 aromatic carbocycles. The molecule has 3 nitrogen and oxygen atoms in total. The molecule has 1 unspecified atom stereocenters. The highest BCUT2D eigenvalue weighted by atomic mass is 32.2. The van der Waals surface area contributed by atoms with Gasteiger partial charge in [-0.1, -0.05) is 24.3 Å². The van der Waals surface area contributed by atoms with Crippen LogP contribution in [0.1, 0.15) is 31.9 Å². The minimum atomic E-state index is -1.28. The quantitative estimate of drug-likeness (QED) is 0.890. The van der Waals surface area contributed by atoms with Crippen LogP contribution in [0.4, 0.5) is 0 Å². The zero-order valence-corrected chi connectivity index (χ0v) is 11.8. The Bertz CT molecular complexity index is 503. The molecule has 0 bridgehead atoms. The van der Waals surface area contributed by atoms with Crippen molar-refractivity contribution in [1.29, 1.82) is 0 Å². The lowest BCUT2D eigenvalue weighted by molar-refractivity contribution is 0.264. The summed E-state index contributed by atoms with van der Waals surface area (Å²) in [6.45, 7) is 5.76. The summed E-state index contributed by atoms with van der Waals surface area (Å²) in [6.07, 6.45) is 0.785. The molecule has 1 N–H and O–H groups in total. The first-order chi connectivity index (χ1) is 8.43. The number of benzene rings is 1. The molecule has 1 aliphatic rings. The van der Waals surface area contributed by atoms with Crippen molar-refractivity contribution in [1.82, 2.24) is 0 Å². The van der Waals surface area contributed by atoms with E-state index in [9.17, 15) is 9.32 Å². The van der Waals surface area contributed by atoms with Crippen LogP contribution < -0.4 is 0 Å². The van der Waals surface area contributed by atoms with Gasteiger partial charge in [0.2, 0.25) is 0 Å². The van der Waals surface area contributed by atoms with E-state index in [1.165, 1.54) is 5.56 Å². The Morgan fingerprint density at radius 3 is 2.67 bits per heavy atom. The van der Waals surface area contributed by atoms with Crippen LogP contribution in [0.25, 0.3) is 0 Å². The van der Waals surface area contributed by atoms with Crippen molar-refractivity contribution in [2.24, 2.45) is 10.3 Å². The molecular formula is C14H19NO2S. The summed E-state index contributed by atoms with van der Waals surface area (Å²) in [5.41, 5.74) is 3.01. The summed E-state index contributed by atoms with van der Waals surface area (Å²) >= 11 is 0. The minimum absolute atomic E-state index is 0.0197. The number of fused-ring (bicyclic) bond motifs is 1. The van der Waals surface area contributed by atoms with Crippen molar-refractivity contribution in [3.8, 4) is 0 Å². The lowest BCUT2D eigenvalue weighted by Crippen LogP contribution is -2.23. The predicted molar refractivity (Wildman–Crippen MR) is 75.2 cm³/mol. The summed E-state index contributed by atoms with van der Waals surface area (Å²) < 4.78 is 16.1. The average molecular weight is 265 g/mol. The average Bonchev–Trinajstić information content (AvgIpc) is 2.66. The highest BCUT2D eigenvalue weighted by molar-refractivity contribution is 7.85. The van der Waals surface area contributed by atoms with Crippen molar-refractivity contribution in [3.05, 3.63) is 35.4 Å². The van der Waals surface area contributed by atoms with Gasteiger partial charge in [0.25, 0.3) is 0 Å². The molecule has 0 fully saturated rings. The molecule has 0 spiro atoms. The van der Waals surface area contributed by atoms with E-state index in [1.54, 1.807) is 0 Å². The number of hydrogen-bond donors (Lipinski definition) is 1. The lowest BCUT2D eigenvalue weighted by atomic mass is 10.1. The highest BCUT2D eigenvalue weighted by Gasteiger charge is 2.30. The van der Waals surface area contributed by atoms with E-state index in [0.717, 1.165) is 17.7 Å². The number of rotatable bonds is 2. The van der Waals surface area contributed by atoms with Gasteiger partial charge in [0, 0.05) is 11.5 Å². The molecule has 0 radical (unpaired) electrons. The van der Waals surface area contributed by atoms with Crippen LogP contribution in [0.5, 0.6) is 0 Å². The van der Waals surface area contributed by atoms with E-state index in [1.807, 2.05) is 45.0 Å². The second-order valence-corrected chi connectivity index (χ2v) is 7.48. The zero-order chi connectivity index (χ0) is 13.3. The first kappa shape index (κ1) is 13.4. The fraction of sp³-hybridized carbons (Fsp3) is 0.500. The molecule has 18 heavy (non-hydrogen) atoms. The van der Waals surface area contributed by atoms with Crippen LogP contribution in [0.2, 0.25) is 0 Å². The van der Waals surface area contributed by atoms with Crippen molar-refractivity contribution >= 4 is 16.7 Å². The maximum Gasteiger partial charge on any atom is 0.145 e. The van der Waals surface area contributed by atoms with E-state index in [2.05, 4.69) is 4.40 Å². The van der Waals surface area contributed by atoms with Gasteiger partial charge in [0.1, 0.15) is 11.0 Å². The van der Waals surface area contributed by atoms with Crippen LogP contribution >= 0.6 is 0 Å². The summed E-state index contributed by atoms with van der Waals surface area (Å²) in [6, 6.07) is 7.97. The van der Waals surface area contributed by atoms with Crippen molar-refractivity contribution in [2.45, 2.75) is 31.9 Å². The van der Waals surface area contributed by atoms with E-state index >= 15 is 0 Å². The fourth-order valence-corrected chi connectivity index (χ4v) is 2.73. The van der Waals surface area contributed by atoms with Crippen LogP contribution in [0, 0.1) is 5.92 Å². The smallest absolute Gasteiger partial charge is 0.145 e. The van der Waals surface area contributed by atoms with Crippen molar-refractivity contribution in [2.75, 3.05) is 6.61 Å². The Balaban J connectivity index is 2.42. The molecule has 98 valence electrons. The topological polar surface area (TPSA) is 49.7 Å². The molecule has 0 saturated carbocycles. The molecule has 2 atom stereocenters. The van der Waals surface area contributed by atoms with E-state index in [4.69, 9.17) is 0 Å². The van der Waals surface area contributed by atoms with Crippen LogP contribution in [0.3, 0.4) is 0 Å². The molecule has 0 heterocycles. The molecule has 0 aromatic heterocycles. The zero-order valence-electron chi connectivity index (χ0n) is 11.0. The van der Waals surface area contributed by atoms with Crippen LogP contribution in [-0.2, 0) is 17.4 Å². The standard InChI is InChI=1S/C14H19NO2S/c1-14(2,3)18(17)15-13-11(9-16)8-10-6-4-5-7-12(10)13/h4-7,11,16H,8-9H2,1-3H3/b15-13+/t11-,18?/m0/s1. The Morgan fingerprint density at radius 1 is 1.39 bits per heavy atom. The van der Waals surface area contributed by atoms with Gasteiger partial charge in [0.05, 0.1) is 17.1 Å². The molecule has 1 aromatic rings. The first-order valence-corrected chi connectivity index (χ1v) is 7.24. The Hall–Kier alpha value is -1.00. The van der Waals surface area contributed by atoms with Gasteiger partial charge >= 0.3 is 0 Å². The summed E-state index contributed by atoms with van der Waals surface area (Å²) in [5.74, 6) is -0.0197. The van der Waals surface area contributed by atoms with E-state index < -0.39 is 11.0 Å². The maximum absolute atomic E-state index is 12.1. The Labute approximate surface area is 111 Å². The molecule has 4 heteroatoms. The second kappa shape index (κ2) is 4.94. The largest absolute Gasteiger partial charge is 0.396 e. The number of nitrogens with zero attached hydrogens (tertiary/aromatic N) is 1. The number of hydrogen-bond acceptors (Lipinski definition) is 2. The van der Waals surface area contributed by atoms with Gasteiger partial charge in [-0.15, -0.1) is 0 Å². The normalized spacial score (nSPS) is 23.1. The molecule has 0 amide bonds. The highest BCUT2D eigenvalue weighted by Crippen LogP contribution is 2.28. The first-order valence-electron chi connectivity index (χ1n) is 6.13. The predicted octanol–water partition coefficient (Wildman–Crippen LogP) is 2.10. The third kappa shape index (κ3) is 2.54. The third-order valence-electron chi connectivity index (χ3n) is 3.07. The van der Waals surface area contributed by atoms with Gasteiger partial charge in [-0.2, -0.15) is 4.40 Å². The lowest BCUT2D eigenvalue weighted by Gasteiger charge is -2.15. The molecule has 2 rings (SSSR count). The number of aliphatic hydroxyl groups excluding tert-OH is 1. The second-order valence-electron chi connectivity index (χ2n) is 5.58. The van der Waals surface area contributed by atoms with Gasteiger partial charge < -0.3 is 5.11 Å². The fourth-order valence-electron chi connectivity index (χ4n) is 2.03. The monoisotopic (exact) mass is 265 g/mol. The molecular weight excluding hydrogens is 246 g/mol. The summed E-state index contributed by atoms with van der Waals surface area (Å²) in [5, 5.41) is 9.44. The van der Waals surface area contributed by atoms with Gasteiger partial charge in [-0.25, -0.2) is 4.21 Å². The van der Waals surface area contributed by atoms with Gasteiger partial charge in [0.15, 0.2) is 0 Å². The maximum atomic E-state index is 12.1. The van der Waals surface area contributed by atoms with Crippen LogP contribution in [0.15, 0.2) is 28.7 Å². The Morgan fingerprint density at radius 2 is 2.06 bits per heavy atom. The molecule has 1 aliphatic carbocycles. The number of aliphatic hydroxyl groups is 1. The van der Waals surface area contributed by atoms with Crippen LogP contribution in [-0.4, -0.2) is 26.4 Å². The van der Waals surface area contributed by atoms with Gasteiger partial charge in [-0.05, 0) is 32.8 Å². The Kier molecular flexibility index (Phi) is 3.69. The summed E-state index contributed by atoms with van der Waals surface area (Å²) in [4.78, 5) is 0. The minimum Gasteiger partial charge on any atom is -0.396 e. The van der Waals surface area contributed by atoms with Crippen molar-refractivity contribution < 1.29 is 9.32 Å². The molecule has 0 aliphatic heterocycles. The third-order valence-corrected chi connectivity index (χ3v) is 4.48. The van der Waals surface area contributed by atoms with Crippen molar-refractivity contribution in [3.63, 3.8) is 0 Å². The van der Waals surface area contributed by atoms with Gasteiger partial charge in [-0.3, -0.25) is 0 Å². The van der Waals surface area contributed by atoms with E-state index in [0.29, 0.717) is 0 Å². The SMILES string of the molecule is CC(C)(C)S(=O)/N=C1/c2ccccc2C[C@H]1CO. The summed E-state index contributed by atoms with van der Waals surface area (Å²) in [7, 11) is -1.28. The molecule has 0 saturated heterocycles.